The Bertz CT molecular complexity index is 298. The topological polar surface area (TPSA) is 41.5 Å². The standard InChI is InChI=1S/C14H23NO2/c1-3-17-10-4-9-15-11-14(16)13-7-5-12(2)6-8-13/h5-8,14-16H,3-4,9-11H2,1-2H3. The molecule has 0 aliphatic rings. The Balaban J connectivity index is 2.16. The molecule has 0 saturated carbocycles. The molecule has 0 radical (unpaired) electrons. The van der Waals surface area contributed by atoms with Gasteiger partial charge in [-0.05, 0) is 32.4 Å². The Kier molecular flexibility index (Phi) is 6.86. The first kappa shape index (κ1) is 14.2. The predicted molar refractivity (Wildman–Crippen MR) is 70.1 cm³/mol. The summed E-state index contributed by atoms with van der Waals surface area (Å²) in [6.07, 6.45) is 0.553. The largest absolute Gasteiger partial charge is 0.387 e. The van der Waals surface area contributed by atoms with Crippen LogP contribution in [0.25, 0.3) is 0 Å². The maximum absolute atomic E-state index is 9.92. The fourth-order valence-corrected chi connectivity index (χ4v) is 1.59. The zero-order valence-electron chi connectivity index (χ0n) is 10.8. The van der Waals surface area contributed by atoms with E-state index in [9.17, 15) is 5.11 Å². The molecule has 0 bridgehead atoms. The van der Waals surface area contributed by atoms with Crippen LogP contribution in [0.15, 0.2) is 24.3 Å². The molecule has 3 heteroatoms. The van der Waals surface area contributed by atoms with Gasteiger partial charge in [-0.3, -0.25) is 0 Å². The van der Waals surface area contributed by atoms with Crippen molar-refractivity contribution in [1.82, 2.24) is 5.32 Å². The van der Waals surface area contributed by atoms with E-state index in [0.717, 1.165) is 31.7 Å². The summed E-state index contributed by atoms with van der Waals surface area (Å²) in [5.74, 6) is 0. The molecule has 17 heavy (non-hydrogen) atoms. The quantitative estimate of drug-likeness (QED) is 0.680. The molecule has 0 saturated heterocycles. The van der Waals surface area contributed by atoms with Crippen molar-refractivity contribution in [1.29, 1.82) is 0 Å². The number of ether oxygens (including phenoxy) is 1. The van der Waals surface area contributed by atoms with Gasteiger partial charge in [0.05, 0.1) is 6.10 Å². The van der Waals surface area contributed by atoms with Gasteiger partial charge in [0.25, 0.3) is 0 Å². The number of nitrogens with one attached hydrogen (secondary N) is 1. The van der Waals surface area contributed by atoms with Crippen LogP contribution in [0.4, 0.5) is 0 Å². The van der Waals surface area contributed by atoms with Gasteiger partial charge in [0.1, 0.15) is 0 Å². The van der Waals surface area contributed by atoms with E-state index in [-0.39, 0.29) is 0 Å². The normalized spacial score (nSPS) is 12.6. The third kappa shape index (κ3) is 5.82. The minimum absolute atomic E-state index is 0.428. The Morgan fingerprint density at radius 2 is 2.00 bits per heavy atom. The Morgan fingerprint density at radius 3 is 2.65 bits per heavy atom. The lowest BCUT2D eigenvalue weighted by molar-refractivity contribution is 0.141. The molecule has 0 aliphatic heterocycles. The zero-order valence-corrected chi connectivity index (χ0v) is 10.8. The van der Waals surface area contributed by atoms with Crippen molar-refractivity contribution in [2.45, 2.75) is 26.4 Å². The summed E-state index contributed by atoms with van der Waals surface area (Å²) in [5, 5.41) is 13.1. The van der Waals surface area contributed by atoms with Gasteiger partial charge in [-0.1, -0.05) is 29.8 Å². The highest BCUT2D eigenvalue weighted by Gasteiger charge is 2.05. The average molecular weight is 237 g/mol. The highest BCUT2D eigenvalue weighted by atomic mass is 16.5. The maximum Gasteiger partial charge on any atom is 0.0914 e. The zero-order chi connectivity index (χ0) is 12.5. The molecule has 96 valence electrons. The van der Waals surface area contributed by atoms with Crippen LogP contribution in [0.3, 0.4) is 0 Å². The van der Waals surface area contributed by atoms with E-state index in [1.54, 1.807) is 0 Å². The van der Waals surface area contributed by atoms with E-state index in [1.807, 2.05) is 38.1 Å². The Hall–Kier alpha value is -0.900. The first-order valence-corrected chi connectivity index (χ1v) is 6.27. The summed E-state index contributed by atoms with van der Waals surface area (Å²) in [6, 6.07) is 7.99. The van der Waals surface area contributed by atoms with Gasteiger partial charge in [-0.2, -0.15) is 0 Å². The lowest BCUT2D eigenvalue weighted by atomic mass is 10.1. The maximum atomic E-state index is 9.92. The lowest BCUT2D eigenvalue weighted by Crippen LogP contribution is -2.23. The monoisotopic (exact) mass is 237 g/mol. The van der Waals surface area contributed by atoms with Crippen molar-refractivity contribution in [2.75, 3.05) is 26.3 Å². The van der Waals surface area contributed by atoms with Gasteiger partial charge in [0.2, 0.25) is 0 Å². The smallest absolute Gasteiger partial charge is 0.0914 e. The van der Waals surface area contributed by atoms with E-state index in [4.69, 9.17) is 4.74 Å². The van der Waals surface area contributed by atoms with Crippen molar-refractivity contribution in [3.8, 4) is 0 Å². The van der Waals surface area contributed by atoms with Gasteiger partial charge in [0, 0.05) is 19.8 Å². The fraction of sp³-hybridized carbons (Fsp3) is 0.571. The number of hydrogen-bond donors (Lipinski definition) is 2. The summed E-state index contributed by atoms with van der Waals surface area (Å²) in [6.45, 7) is 7.06. The van der Waals surface area contributed by atoms with Crippen LogP contribution in [-0.4, -0.2) is 31.4 Å². The Morgan fingerprint density at radius 1 is 1.29 bits per heavy atom. The van der Waals surface area contributed by atoms with Crippen LogP contribution in [0.5, 0.6) is 0 Å². The van der Waals surface area contributed by atoms with Crippen LogP contribution in [0, 0.1) is 6.92 Å². The van der Waals surface area contributed by atoms with Crippen molar-refractivity contribution in [3.05, 3.63) is 35.4 Å². The molecule has 0 aliphatic carbocycles. The lowest BCUT2D eigenvalue weighted by Gasteiger charge is -2.12. The van der Waals surface area contributed by atoms with Crippen molar-refractivity contribution in [2.24, 2.45) is 0 Å². The van der Waals surface area contributed by atoms with Crippen LogP contribution >= 0.6 is 0 Å². The molecule has 0 spiro atoms. The second kappa shape index (κ2) is 8.23. The molecule has 1 unspecified atom stereocenters. The highest BCUT2D eigenvalue weighted by Crippen LogP contribution is 2.12. The summed E-state index contributed by atoms with van der Waals surface area (Å²) >= 11 is 0. The van der Waals surface area contributed by atoms with Gasteiger partial charge < -0.3 is 15.2 Å². The first-order valence-electron chi connectivity index (χ1n) is 6.27. The second-order valence-electron chi connectivity index (χ2n) is 4.18. The molecule has 2 N–H and O–H groups in total. The highest BCUT2D eigenvalue weighted by molar-refractivity contribution is 5.23. The molecule has 0 heterocycles. The van der Waals surface area contributed by atoms with Crippen LogP contribution in [0.2, 0.25) is 0 Å². The van der Waals surface area contributed by atoms with Gasteiger partial charge in [0.15, 0.2) is 0 Å². The van der Waals surface area contributed by atoms with Gasteiger partial charge >= 0.3 is 0 Å². The van der Waals surface area contributed by atoms with Gasteiger partial charge in [-0.15, -0.1) is 0 Å². The minimum atomic E-state index is -0.428. The molecule has 1 atom stereocenters. The second-order valence-corrected chi connectivity index (χ2v) is 4.18. The molecular weight excluding hydrogens is 214 g/mol. The van der Waals surface area contributed by atoms with Crippen molar-refractivity contribution < 1.29 is 9.84 Å². The van der Waals surface area contributed by atoms with Crippen molar-refractivity contribution >= 4 is 0 Å². The predicted octanol–water partition coefficient (Wildman–Crippen LogP) is 2.04. The summed E-state index contributed by atoms with van der Waals surface area (Å²) in [5.41, 5.74) is 2.18. The number of aliphatic hydroxyl groups is 1. The Labute approximate surface area is 104 Å². The van der Waals surface area contributed by atoms with Crippen LogP contribution in [0.1, 0.15) is 30.6 Å². The number of aryl methyl sites for hydroxylation is 1. The molecule has 0 amide bonds. The number of benzene rings is 1. The van der Waals surface area contributed by atoms with Crippen LogP contribution in [-0.2, 0) is 4.74 Å². The first-order chi connectivity index (χ1) is 8.24. The van der Waals surface area contributed by atoms with Gasteiger partial charge in [-0.25, -0.2) is 0 Å². The van der Waals surface area contributed by atoms with Crippen LogP contribution < -0.4 is 5.32 Å². The molecule has 1 aromatic carbocycles. The molecule has 0 aromatic heterocycles. The molecule has 1 rings (SSSR count). The van der Waals surface area contributed by atoms with E-state index >= 15 is 0 Å². The average Bonchev–Trinajstić information content (AvgIpc) is 2.34. The number of aliphatic hydroxyl groups excluding tert-OH is 1. The SMILES string of the molecule is CCOCCCNCC(O)c1ccc(C)cc1. The van der Waals surface area contributed by atoms with E-state index < -0.39 is 6.10 Å². The third-order valence-corrected chi connectivity index (χ3v) is 2.65. The number of rotatable bonds is 8. The molecule has 3 nitrogen and oxygen atoms in total. The minimum Gasteiger partial charge on any atom is -0.387 e. The van der Waals surface area contributed by atoms with E-state index in [2.05, 4.69) is 5.32 Å². The third-order valence-electron chi connectivity index (χ3n) is 2.65. The fourth-order valence-electron chi connectivity index (χ4n) is 1.59. The summed E-state index contributed by atoms with van der Waals surface area (Å²) < 4.78 is 5.24. The summed E-state index contributed by atoms with van der Waals surface area (Å²) in [4.78, 5) is 0. The van der Waals surface area contributed by atoms with E-state index in [0.29, 0.717) is 6.54 Å². The van der Waals surface area contributed by atoms with Crippen molar-refractivity contribution in [3.63, 3.8) is 0 Å². The molecular formula is C14H23NO2. The summed E-state index contributed by atoms with van der Waals surface area (Å²) in [7, 11) is 0. The molecule has 1 aromatic rings. The van der Waals surface area contributed by atoms with E-state index in [1.165, 1.54) is 5.56 Å². The number of hydrogen-bond acceptors (Lipinski definition) is 3. The molecule has 0 fully saturated rings.